The van der Waals surface area contributed by atoms with Crippen LogP contribution in [0.1, 0.15) is 0 Å². The third kappa shape index (κ3) is 3.25. The van der Waals surface area contributed by atoms with Gasteiger partial charge >= 0.3 is 0 Å². The van der Waals surface area contributed by atoms with E-state index in [4.69, 9.17) is 4.74 Å². The van der Waals surface area contributed by atoms with Crippen LogP contribution in [0.2, 0.25) is 0 Å². The third-order valence-electron chi connectivity index (χ3n) is 3.17. The number of thiazole rings is 1. The molecule has 6 heteroatoms. The third-order valence-corrected chi connectivity index (χ3v) is 4.64. The maximum absolute atomic E-state index is 5.73. The molecule has 0 spiro atoms. The van der Waals surface area contributed by atoms with Gasteiger partial charge in [0.05, 0.1) is 22.9 Å². The number of ether oxygens (including phenoxy) is 1. The maximum atomic E-state index is 5.73. The molecule has 2 aromatic rings. The lowest BCUT2D eigenvalue weighted by Gasteiger charge is -2.29. The zero-order valence-electron chi connectivity index (χ0n) is 10.7. The summed E-state index contributed by atoms with van der Waals surface area (Å²) in [5, 5.41) is 4.35. The van der Waals surface area contributed by atoms with Crippen molar-refractivity contribution in [2.45, 2.75) is 6.10 Å². The molecule has 3 rings (SSSR count). The number of halogens is 1. The van der Waals surface area contributed by atoms with Crippen LogP contribution < -0.4 is 5.32 Å². The van der Waals surface area contributed by atoms with E-state index in [0.717, 1.165) is 41.4 Å². The normalized spacial score (nSPS) is 20.8. The van der Waals surface area contributed by atoms with Crippen molar-refractivity contribution in [1.29, 1.82) is 0 Å². The second-order valence-corrected chi connectivity index (χ2v) is 6.71. The minimum atomic E-state index is 0.248. The Kier molecular flexibility index (Phi) is 4.02. The first-order valence-corrected chi connectivity index (χ1v) is 7.92. The van der Waals surface area contributed by atoms with Gasteiger partial charge in [0.25, 0.3) is 0 Å². The summed E-state index contributed by atoms with van der Waals surface area (Å²) in [4.78, 5) is 6.87. The highest BCUT2D eigenvalue weighted by atomic mass is 79.9. The van der Waals surface area contributed by atoms with Crippen LogP contribution in [-0.2, 0) is 4.74 Å². The van der Waals surface area contributed by atoms with E-state index < -0.39 is 0 Å². The smallest absolute Gasteiger partial charge is 0.183 e. The van der Waals surface area contributed by atoms with Crippen molar-refractivity contribution < 1.29 is 4.74 Å². The summed E-state index contributed by atoms with van der Waals surface area (Å²) in [7, 11) is 2.13. The molecule has 1 N–H and O–H groups in total. The molecule has 1 unspecified atom stereocenters. The molecule has 2 heterocycles. The van der Waals surface area contributed by atoms with Crippen LogP contribution in [-0.4, -0.2) is 49.3 Å². The lowest BCUT2D eigenvalue weighted by Crippen LogP contribution is -2.43. The number of morpholine rings is 1. The highest BCUT2D eigenvalue weighted by molar-refractivity contribution is 9.10. The van der Waals surface area contributed by atoms with Crippen molar-refractivity contribution in [3.05, 3.63) is 22.7 Å². The first-order valence-electron chi connectivity index (χ1n) is 6.31. The molecule has 1 aromatic carbocycles. The summed E-state index contributed by atoms with van der Waals surface area (Å²) in [6, 6.07) is 6.15. The standard InChI is InChI=1S/C13H16BrN3OS/c1-17-4-5-18-10(8-17)7-15-13-16-11-3-2-9(14)6-12(11)19-13/h2-3,6,10H,4-5,7-8H2,1H3,(H,15,16). The second-order valence-electron chi connectivity index (χ2n) is 4.77. The molecule has 0 radical (unpaired) electrons. The monoisotopic (exact) mass is 341 g/mol. The van der Waals surface area contributed by atoms with Crippen molar-refractivity contribution >= 4 is 42.6 Å². The average molecular weight is 342 g/mol. The molecule has 0 aliphatic carbocycles. The summed E-state index contributed by atoms with van der Waals surface area (Å²) < 4.78 is 8.01. The summed E-state index contributed by atoms with van der Waals surface area (Å²) in [5.41, 5.74) is 1.04. The number of fused-ring (bicyclic) bond motifs is 1. The van der Waals surface area contributed by atoms with Gasteiger partial charge in [-0.2, -0.15) is 0 Å². The Hall–Kier alpha value is -0.690. The molecule has 1 fully saturated rings. The zero-order chi connectivity index (χ0) is 13.2. The fourth-order valence-corrected chi connectivity index (χ4v) is 3.59. The van der Waals surface area contributed by atoms with E-state index in [9.17, 15) is 0 Å². The van der Waals surface area contributed by atoms with Crippen LogP contribution in [0, 0.1) is 0 Å². The van der Waals surface area contributed by atoms with Crippen molar-refractivity contribution in [1.82, 2.24) is 9.88 Å². The van der Waals surface area contributed by atoms with E-state index in [1.807, 2.05) is 12.1 Å². The van der Waals surface area contributed by atoms with Crippen molar-refractivity contribution in [3.63, 3.8) is 0 Å². The number of nitrogens with one attached hydrogen (secondary N) is 1. The summed E-state index contributed by atoms with van der Waals surface area (Å²) in [6.07, 6.45) is 0.248. The number of anilines is 1. The molecule has 0 saturated carbocycles. The van der Waals surface area contributed by atoms with Crippen molar-refractivity contribution in [3.8, 4) is 0 Å². The second kappa shape index (κ2) is 5.75. The topological polar surface area (TPSA) is 37.4 Å². The van der Waals surface area contributed by atoms with Gasteiger partial charge in [-0.05, 0) is 25.2 Å². The van der Waals surface area contributed by atoms with Crippen LogP contribution in [0.25, 0.3) is 10.2 Å². The van der Waals surface area contributed by atoms with Gasteiger partial charge in [-0.3, -0.25) is 0 Å². The number of hydrogen-bond acceptors (Lipinski definition) is 5. The molecule has 4 nitrogen and oxygen atoms in total. The predicted octanol–water partition coefficient (Wildman–Crippen LogP) is 2.80. The van der Waals surface area contributed by atoms with E-state index >= 15 is 0 Å². The molecule has 1 saturated heterocycles. The fourth-order valence-electron chi connectivity index (χ4n) is 2.17. The van der Waals surface area contributed by atoms with Crippen molar-refractivity contribution in [2.75, 3.05) is 38.6 Å². The highest BCUT2D eigenvalue weighted by Crippen LogP contribution is 2.28. The maximum Gasteiger partial charge on any atom is 0.183 e. The van der Waals surface area contributed by atoms with Crippen LogP contribution >= 0.6 is 27.3 Å². The Labute approximate surface area is 124 Å². The highest BCUT2D eigenvalue weighted by Gasteiger charge is 2.17. The van der Waals surface area contributed by atoms with Gasteiger partial charge < -0.3 is 15.0 Å². The van der Waals surface area contributed by atoms with E-state index in [0.29, 0.717) is 0 Å². The summed E-state index contributed by atoms with van der Waals surface area (Å²) >= 11 is 5.16. The lowest BCUT2D eigenvalue weighted by molar-refractivity contribution is -0.0117. The Morgan fingerprint density at radius 2 is 2.47 bits per heavy atom. The molecule has 1 aliphatic rings. The van der Waals surface area contributed by atoms with Crippen LogP contribution in [0.5, 0.6) is 0 Å². The molecule has 102 valence electrons. The molecular formula is C13H16BrN3OS. The summed E-state index contributed by atoms with van der Waals surface area (Å²) in [5.74, 6) is 0. The predicted molar refractivity (Wildman–Crippen MR) is 83.0 cm³/mol. The first-order chi connectivity index (χ1) is 9.20. The van der Waals surface area contributed by atoms with Gasteiger partial charge in [-0.15, -0.1) is 0 Å². The van der Waals surface area contributed by atoms with Gasteiger partial charge in [0.1, 0.15) is 0 Å². The van der Waals surface area contributed by atoms with E-state index in [2.05, 4.69) is 44.2 Å². The summed E-state index contributed by atoms with van der Waals surface area (Å²) in [6.45, 7) is 3.62. The van der Waals surface area contributed by atoms with Crippen molar-refractivity contribution in [2.24, 2.45) is 0 Å². The Balaban J connectivity index is 1.65. The average Bonchev–Trinajstić information content (AvgIpc) is 2.78. The largest absolute Gasteiger partial charge is 0.374 e. The Bertz CT molecular complexity index is 574. The van der Waals surface area contributed by atoms with Crippen LogP contribution in [0.4, 0.5) is 5.13 Å². The SMILES string of the molecule is CN1CCOC(CNc2nc3ccc(Br)cc3s2)C1. The minimum absolute atomic E-state index is 0.248. The van der Waals surface area contributed by atoms with Crippen LogP contribution in [0.3, 0.4) is 0 Å². The molecule has 1 aromatic heterocycles. The zero-order valence-corrected chi connectivity index (χ0v) is 13.1. The Morgan fingerprint density at radius 1 is 1.58 bits per heavy atom. The number of nitrogens with zero attached hydrogens (tertiary/aromatic N) is 2. The molecule has 0 amide bonds. The van der Waals surface area contributed by atoms with E-state index in [1.165, 1.54) is 4.70 Å². The minimum Gasteiger partial charge on any atom is -0.374 e. The Morgan fingerprint density at radius 3 is 3.32 bits per heavy atom. The van der Waals surface area contributed by atoms with Gasteiger partial charge in [0.15, 0.2) is 5.13 Å². The number of benzene rings is 1. The quantitative estimate of drug-likeness (QED) is 0.931. The number of hydrogen-bond donors (Lipinski definition) is 1. The molecule has 1 aliphatic heterocycles. The van der Waals surface area contributed by atoms with Gasteiger partial charge in [-0.1, -0.05) is 27.3 Å². The number of aromatic nitrogens is 1. The van der Waals surface area contributed by atoms with Gasteiger partial charge in [-0.25, -0.2) is 4.98 Å². The van der Waals surface area contributed by atoms with Gasteiger partial charge in [0, 0.05) is 24.1 Å². The molecule has 19 heavy (non-hydrogen) atoms. The number of likely N-dealkylation sites (N-methyl/N-ethyl adjacent to an activating group) is 1. The molecule has 0 bridgehead atoms. The van der Waals surface area contributed by atoms with Gasteiger partial charge in [0.2, 0.25) is 0 Å². The van der Waals surface area contributed by atoms with Crippen LogP contribution in [0.15, 0.2) is 22.7 Å². The fraction of sp³-hybridized carbons (Fsp3) is 0.462. The van der Waals surface area contributed by atoms with E-state index in [-0.39, 0.29) is 6.10 Å². The molecular weight excluding hydrogens is 326 g/mol. The number of rotatable bonds is 3. The lowest BCUT2D eigenvalue weighted by atomic mass is 10.3. The van der Waals surface area contributed by atoms with E-state index in [1.54, 1.807) is 11.3 Å². The first kappa shape index (κ1) is 13.3. The molecule has 1 atom stereocenters.